The highest BCUT2D eigenvalue weighted by atomic mass is 16.2. The highest BCUT2D eigenvalue weighted by Gasteiger charge is 2.27. The normalized spacial score (nSPS) is 12.8. The number of amides is 3. The summed E-state index contributed by atoms with van der Waals surface area (Å²) in [6, 6.07) is 16.1. The fourth-order valence-electron chi connectivity index (χ4n) is 4.05. The lowest BCUT2D eigenvalue weighted by Gasteiger charge is -2.24. The van der Waals surface area contributed by atoms with E-state index in [0.29, 0.717) is 25.7 Å². The van der Waals surface area contributed by atoms with Crippen LogP contribution in [0.15, 0.2) is 60.8 Å². The lowest BCUT2D eigenvalue weighted by molar-refractivity contribution is -0.132. The fourth-order valence-corrected chi connectivity index (χ4v) is 4.05. The number of benzene rings is 2. The van der Waals surface area contributed by atoms with Crippen molar-refractivity contribution in [1.82, 2.24) is 20.9 Å². The Balaban J connectivity index is 1.68. The first-order valence-electron chi connectivity index (χ1n) is 11.8. The van der Waals surface area contributed by atoms with Gasteiger partial charge in [-0.3, -0.25) is 14.4 Å². The first-order valence-corrected chi connectivity index (χ1v) is 11.8. The van der Waals surface area contributed by atoms with Crippen LogP contribution in [0.4, 0.5) is 0 Å². The Bertz CT molecular complexity index is 1110. The molecule has 2 atom stereocenters. The van der Waals surface area contributed by atoms with Crippen LogP contribution < -0.4 is 16.0 Å². The summed E-state index contributed by atoms with van der Waals surface area (Å²) in [6.45, 7) is 4.00. The zero-order valence-corrected chi connectivity index (χ0v) is 20.1. The van der Waals surface area contributed by atoms with Crippen molar-refractivity contribution in [2.45, 2.75) is 51.6 Å². The van der Waals surface area contributed by atoms with E-state index < -0.39 is 12.1 Å². The molecule has 3 aromatic rings. The van der Waals surface area contributed by atoms with Crippen LogP contribution in [0, 0.1) is 5.92 Å². The third-order valence-corrected chi connectivity index (χ3v) is 5.82. The highest BCUT2D eigenvalue weighted by Crippen LogP contribution is 2.19. The van der Waals surface area contributed by atoms with Gasteiger partial charge in [0.05, 0.1) is 0 Å². The van der Waals surface area contributed by atoms with Gasteiger partial charge in [0.1, 0.15) is 12.1 Å². The van der Waals surface area contributed by atoms with Gasteiger partial charge in [-0.2, -0.15) is 0 Å². The summed E-state index contributed by atoms with van der Waals surface area (Å²) in [5, 5.41) is 9.41. The molecule has 180 valence electrons. The van der Waals surface area contributed by atoms with Crippen molar-refractivity contribution in [3.05, 3.63) is 71.9 Å². The Hall–Kier alpha value is -3.61. The van der Waals surface area contributed by atoms with E-state index >= 15 is 0 Å². The van der Waals surface area contributed by atoms with E-state index in [2.05, 4.69) is 20.9 Å². The first-order chi connectivity index (χ1) is 16.4. The van der Waals surface area contributed by atoms with Gasteiger partial charge < -0.3 is 20.9 Å². The molecule has 7 heteroatoms. The van der Waals surface area contributed by atoms with Crippen LogP contribution in [-0.4, -0.2) is 41.8 Å². The zero-order valence-electron chi connectivity index (χ0n) is 20.1. The highest BCUT2D eigenvalue weighted by molar-refractivity contribution is 5.93. The van der Waals surface area contributed by atoms with Crippen LogP contribution in [-0.2, 0) is 27.2 Å². The van der Waals surface area contributed by atoms with Crippen LogP contribution in [0.2, 0.25) is 0 Å². The topological polar surface area (TPSA) is 103 Å². The summed E-state index contributed by atoms with van der Waals surface area (Å²) < 4.78 is 0. The van der Waals surface area contributed by atoms with Crippen molar-refractivity contribution in [2.24, 2.45) is 5.92 Å². The molecular formula is C27H34N4O3. The predicted octanol–water partition coefficient (Wildman–Crippen LogP) is 3.10. The van der Waals surface area contributed by atoms with E-state index in [4.69, 9.17) is 0 Å². The number of rotatable bonds is 11. The zero-order chi connectivity index (χ0) is 24.5. The monoisotopic (exact) mass is 462 g/mol. The number of para-hydroxylation sites is 1. The maximum atomic E-state index is 13.2. The standard InChI is InChI=1S/C27H34N4O3/c1-18(2)15-23(30-25(32)14-13-19-9-5-4-6-10-19)27(34)31-24(26(33)28-3)16-20-17-29-22-12-8-7-11-21(20)22/h4-12,17-18,23-24,29H,13-16H2,1-3H3,(H,28,33)(H,30,32)(H,31,34)/t23-,24-/m0/s1. The molecule has 0 bridgehead atoms. The molecular weight excluding hydrogens is 428 g/mol. The second-order valence-electron chi connectivity index (χ2n) is 8.97. The summed E-state index contributed by atoms with van der Waals surface area (Å²) in [7, 11) is 1.55. The van der Waals surface area contributed by atoms with Crippen molar-refractivity contribution in [3.8, 4) is 0 Å². The van der Waals surface area contributed by atoms with E-state index in [-0.39, 0.29) is 23.6 Å². The second-order valence-corrected chi connectivity index (χ2v) is 8.97. The Kier molecular flexibility index (Phi) is 8.85. The molecule has 1 aromatic heterocycles. The fraction of sp³-hybridized carbons (Fsp3) is 0.370. The summed E-state index contributed by atoms with van der Waals surface area (Å²) in [6.07, 6.45) is 3.58. The number of aromatic nitrogens is 1. The number of hydrogen-bond acceptors (Lipinski definition) is 3. The number of carbonyl (C=O) groups is 3. The molecule has 0 radical (unpaired) electrons. The van der Waals surface area contributed by atoms with E-state index in [1.54, 1.807) is 7.05 Å². The van der Waals surface area contributed by atoms with Gasteiger partial charge in [0, 0.05) is 37.0 Å². The predicted molar refractivity (Wildman–Crippen MR) is 134 cm³/mol. The number of nitrogens with one attached hydrogen (secondary N) is 4. The van der Waals surface area contributed by atoms with Crippen molar-refractivity contribution in [1.29, 1.82) is 0 Å². The largest absolute Gasteiger partial charge is 0.361 e. The van der Waals surface area contributed by atoms with E-state index in [9.17, 15) is 14.4 Å². The van der Waals surface area contributed by atoms with Crippen LogP contribution in [0.3, 0.4) is 0 Å². The molecule has 0 aliphatic rings. The minimum absolute atomic E-state index is 0.183. The summed E-state index contributed by atoms with van der Waals surface area (Å²) in [5.41, 5.74) is 2.99. The van der Waals surface area contributed by atoms with Gasteiger partial charge in [0.25, 0.3) is 0 Å². The SMILES string of the molecule is CNC(=O)[C@H](Cc1c[nH]c2ccccc12)NC(=O)[C@H](CC(C)C)NC(=O)CCc1ccccc1. The molecule has 2 aromatic carbocycles. The number of fused-ring (bicyclic) bond motifs is 1. The Morgan fingerprint density at radius 2 is 1.59 bits per heavy atom. The van der Waals surface area contributed by atoms with Crippen molar-refractivity contribution >= 4 is 28.6 Å². The van der Waals surface area contributed by atoms with Crippen molar-refractivity contribution < 1.29 is 14.4 Å². The molecule has 0 aliphatic carbocycles. The van der Waals surface area contributed by atoms with Crippen molar-refractivity contribution in [2.75, 3.05) is 7.05 Å². The molecule has 3 rings (SSSR count). The lowest BCUT2D eigenvalue weighted by atomic mass is 10.0. The van der Waals surface area contributed by atoms with Gasteiger partial charge in [-0.05, 0) is 36.0 Å². The number of aromatic amines is 1. The first kappa shape index (κ1) is 25.0. The van der Waals surface area contributed by atoms with Gasteiger partial charge in [-0.25, -0.2) is 0 Å². The number of H-pyrrole nitrogens is 1. The van der Waals surface area contributed by atoms with E-state index in [1.165, 1.54) is 0 Å². The van der Waals surface area contributed by atoms with Gasteiger partial charge >= 0.3 is 0 Å². The Morgan fingerprint density at radius 1 is 0.882 bits per heavy atom. The minimum Gasteiger partial charge on any atom is -0.361 e. The second kappa shape index (κ2) is 12.0. The molecule has 0 saturated heterocycles. The van der Waals surface area contributed by atoms with Crippen molar-refractivity contribution in [3.63, 3.8) is 0 Å². The van der Waals surface area contributed by atoms with Crippen LogP contribution in [0.5, 0.6) is 0 Å². The van der Waals surface area contributed by atoms with E-state index in [0.717, 1.165) is 22.0 Å². The average Bonchev–Trinajstić information content (AvgIpc) is 3.24. The molecule has 0 spiro atoms. The van der Waals surface area contributed by atoms with E-state index in [1.807, 2.05) is 74.6 Å². The summed E-state index contributed by atoms with van der Waals surface area (Å²) in [4.78, 5) is 41.6. The third-order valence-electron chi connectivity index (χ3n) is 5.82. The maximum absolute atomic E-state index is 13.2. The Labute approximate surface area is 200 Å². The van der Waals surface area contributed by atoms with Gasteiger partial charge in [0.2, 0.25) is 17.7 Å². The minimum atomic E-state index is -0.757. The summed E-state index contributed by atoms with van der Waals surface area (Å²) in [5.74, 6) is -0.623. The average molecular weight is 463 g/mol. The number of likely N-dealkylation sites (N-methyl/N-ethyl adjacent to an activating group) is 1. The maximum Gasteiger partial charge on any atom is 0.243 e. The van der Waals surface area contributed by atoms with Gasteiger partial charge in [-0.1, -0.05) is 62.4 Å². The van der Waals surface area contributed by atoms with Gasteiger partial charge in [0.15, 0.2) is 0 Å². The van der Waals surface area contributed by atoms with Crippen LogP contribution >= 0.6 is 0 Å². The molecule has 0 saturated carbocycles. The quantitative estimate of drug-likeness (QED) is 0.352. The lowest BCUT2D eigenvalue weighted by Crippen LogP contribution is -2.54. The Morgan fingerprint density at radius 3 is 2.29 bits per heavy atom. The molecule has 34 heavy (non-hydrogen) atoms. The molecule has 1 heterocycles. The molecule has 0 aliphatic heterocycles. The molecule has 3 amide bonds. The molecule has 0 fully saturated rings. The summed E-state index contributed by atoms with van der Waals surface area (Å²) >= 11 is 0. The number of hydrogen-bond donors (Lipinski definition) is 4. The number of carbonyl (C=O) groups excluding carboxylic acids is 3. The number of aryl methyl sites for hydroxylation is 1. The molecule has 0 unspecified atom stereocenters. The smallest absolute Gasteiger partial charge is 0.243 e. The van der Waals surface area contributed by atoms with Crippen LogP contribution in [0.1, 0.15) is 37.8 Å². The van der Waals surface area contributed by atoms with Gasteiger partial charge in [-0.15, -0.1) is 0 Å². The molecule has 7 nitrogen and oxygen atoms in total. The van der Waals surface area contributed by atoms with Crippen LogP contribution in [0.25, 0.3) is 10.9 Å². The molecule has 4 N–H and O–H groups in total. The third kappa shape index (κ3) is 6.94.